The first-order valence-electron chi connectivity index (χ1n) is 11.6. The molecule has 1 N–H and O–H groups in total. The lowest BCUT2D eigenvalue weighted by atomic mass is 10.2. The van der Waals surface area contributed by atoms with Crippen molar-refractivity contribution in [2.24, 2.45) is 0 Å². The summed E-state index contributed by atoms with van der Waals surface area (Å²) in [6, 6.07) is 13.1. The van der Waals surface area contributed by atoms with E-state index < -0.39 is 0 Å². The zero-order valence-corrected chi connectivity index (χ0v) is 19.9. The lowest BCUT2D eigenvalue weighted by Crippen LogP contribution is -2.41. The zero-order valence-electron chi connectivity index (χ0n) is 19.0. The molecule has 3 aromatic rings. The Kier molecular flexibility index (Phi) is 8.67. The van der Waals surface area contributed by atoms with Crippen LogP contribution in [0.4, 0.5) is 4.39 Å². The first kappa shape index (κ1) is 24.4. The van der Waals surface area contributed by atoms with Gasteiger partial charge < -0.3 is 10.1 Å². The number of carbonyl (C=O) groups is 1. The second-order valence-corrected chi connectivity index (χ2v) is 9.20. The maximum Gasteiger partial charge on any atom is 0.266 e. The molecule has 1 fully saturated rings. The molecular weight excluding hydrogens is 455 g/mol. The van der Waals surface area contributed by atoms with Gasteiger partial charge in [-0.05, 0) is 49.2 Å². The van der Waals surface area contributed by atoms with Crippen LogP contribution in [0.3, 0.4) is 0 Å². The fourth-order valence-corrected chi connectivity index (χ4v) is 4.86. The van der Waals surface area contributed by atoms with Crippen LogP contribution in [0.15, 0.2) is 58.5 Å². The smallest absolute Gasteiger partial charge is 0.266 e. The highest BCUT2D eigenvalue weighted by Crippen LogP contribution is 2.22. The van der Waals surface area contributed by atoms with Crippen LogP contribution in [-0.4, -0.2) is 65.5 Å². The molecular formula is C25H29FN4O3S. The van der Waals surface area contributed by atoms with Gasteiger partial charge in [-0.25, -0.2) is 9.37 Å². The highest BCUT2D eigenvalue weighted by Gasteiger charge is 2.14. The molecule has 0 aliphatic carbocycles. The summed E-state index contributed by atoms with van der Waals surface area (Å²) in [5.74, 6) is 0.417. The number of amides is 1. The van der Waals surface area contributed by atoms with E-state index >= 15 is 0 Å². The average molecular weight is 485 g/mol. The molecule has 7 nitrogen and oxygen atoms in total. The van der Waals surface area contributed by atoms with Crippen molar-refractivity contribution in [2.45, 2.75) is 24.4 Å². The fraction of sp³-hybridized carbons (Fsp3) is 0.400. The quantitative estimate of drug-likeness (QED) is 0.271. The molecule has 0 radical (unpaired) electrons. The number of fused-ring (bicyclic) bond motifs is 1. The lowest BCUT2D eigenvalue weighted by Gasteiger charge is -2.26. The Labute approximate surface area is 202 Å². The van der Waals surface area contributed by atoms with Crippen molar-refractivity contribution in [1.82, 2.24) is 19.8 Å². The van der Waals surface area contributed by atoms with Crippen molar-refractivity contribution in [2.75, 3.05) is 45.1 Å². The minimum atomic E-state index is -0.358. The summed E-state index contributed by atoms with van der Waals surface area (Å²) in [4.78, 5) is 32.3. The van der Waals surface area contributed by atoms with Crippen LogP contribution in [0, 0.1) is 5.82 Å². The molecule has 2 heterocycles. The van der Waals surface area contributed by atoms with Gasteiger partial charge >= 0.3 is 0 Å². The number of aromatic nitrogens is 2. The second kappa shape index (κ2) is 12.1. The molecule has 1 amide bonds. The Hall–Kier alpha value is -2.75. The van der Waals surface area contributed by atoms with E-state index in [4.69, 9.17) is 9.72 Å². The molecule has 0 unspecified atom stereocenters. The highest BCUT2D eigenvalue weighted by molar-refractivity contribution is 7.99. The predicted molar refractivity (Wildman–Crippen MR) is 132 cm³/mol. The lowest BCUT2D eigenvalue weighted by molar-refractivity contribution is -0.121. The molecule has 2 aromatic carbocycles. The molecule has 9 heteroatoms. The van der Waals surface area contributed by atoms with Gasteiger partial charge in [0.05, 0.1) is 29.8 Å². The largest absolute Gasteiger partial charge is 0.379 e. The van der Waals surface area contributed by atoms with E-state index in [-0.39, 0.29) is 17.3 Å². The number of nitrogens with one attached hydrogen (secondary N) is 1. The van der Waals surface area contributed by atoms with Crippen molar-refractivity contribution in [3.05, 3.63) is 64.7 Å². The number of hydrogen-bond acceptors (Lipinski definition) is 6. The van der Waals surface area contributed by atoms with E-state index in [9.17, 15) is 14.0 Å². The molecule has 180 valence electrons. The standard InChI is InChI=1S/C25H29FN4O3S/c26-19-8-10-20(11-9-19)30-24(32)21-5-1-2-6-22(21)28-25(30)34-18-4-3-7-23(31)27-12-13-29-14-16-33-17-15-29/h1-2,5-6,8-11H,3-4,7,12-18H2,(H,27,31). The molecule has 0 atom stereocenters. The number of ether oxygens (including phenoxy) is 1. The highest BCUT2D eigenvalue weighted by atomic mass is 32.2. The van der Waals surface area contributed by atoms with Crippen LogP contribution >= 0.6 is 11.8 Å². The topological polar surface area (TPSA) is 76.5 Å². The minimum Gasteiger partial charge on any atom is -0.379 e. The van der Waals surface area contributed by atoms with Crippen LogP contribution in [0.1, 0.15) is 19.3 Å². The van der Waals surface area contributed by atoms with E-state index in [1.807, 2.05) is 12.1 Å². The number of benzene rings is 2. The maximum absolute atomic E-state index is 13.4. The summed E-state index contributed by atoms with van der Waals surface area (Å²) in [7, 11) is 0. The minimum absolute atomic E-state index is 0.0605. The fourth-order valence-electron chi connectivity index (χ4n) is 3.84. The third-order valence-electron chi connectivity index (χ3n) is 5.71. The van der Waals surface area contributed by atoms with Gasteiger partial charge in [0, 0.05) is 38.4 Å². The first-order chi connectivity index (χ1) is 16.6. The van der Waals surface area contributed by atoms with Crippen LogP contribution in [0.5, 0.6) is 0 Å². The van der Waals surface area contributed by atoms with Gasteiger partial charge in [0.2, 0.25) is 5.91 Å². The summed E-state index contributed by atoms with van der Waals surface area (Å²) in [6.45, 7) is 4.84. The van der Waals surface area contributed by atoms with Gasteiger partial charge in [-0.15, -0.1) is 0 Å². The summed E-state index contributed by atoms with van der Waals surface area (Å²) >= 11 is 1.47. The number of unbranched alkanes of at least 4 members (excludes halogenated alkanes) is 1. The van der Waals surface area contributed by atoms with Gasteiger partial charge in [-0.3, -0.25) is 19.1 Å². The van der Waals surface area contributed by atoms with E-state index in [2.05, 4.69) is 10.2 Å². The SMILES string of the molecule is O=C(CCCCSc1nc2ccccc2c(=O)n1-c1ccc(F)cc1)NCCN1CCOCC1. The average Bonchev–Trinajstić information content (AvgIpc) is 2.85. The number of nitrogens with zero attached hydrogens (tertiary/aromatic N) is 3. The normalized spacial score (nSPS) is 14.4. The molecule has 1 aromatic heterocycles. The molecule has 0 saturated carbocycles. The van der Waals surface area contributed by atoms with Gasteiger partial charge in [0.25, 0.3) is 5.56 Å². The van der Waals surface area contributed by atoms with Crippen LogP contribution in [0.2, 0.25) is 0 Å². The summed E-state index contributed by atoms with van der Waals surface area (Å²) in [5.41, 5.74) is 1.03. The molecule has 1 aliphatic heterocycles. The molecule has 34 heavy (non-hydrogen) atoms. The second-order valence-electron chi connectivity index (χ2n) is 8.14. The molecule has 1 saturated heterocycles. The summed E-state index contributed by atoms with van der Waals surface area (Å²) < 4.78 is 20.3. The Balaban J connectivity index is 1.31. The van der Waals surface area contributed by atoms with Crippen molar-refractivity contribution in [3.63, 3.8) is 0 Å². The van der Waals surface area contributed by atoms with E-state index in [0.717, 1.165) is 45.7 Å². The van der Waals surface area contributed by atoms with Crippen molar-refractivity contribution >= 4 is 28.6 Å². The first-order valence-corrected chi connectivity index (χ1v) is 12.6. The number of para-hydroxylation sites is 1. The Morgan fingerprint density at radius 2 is 1.85 bits per heavy atom. The number of thioether (sulfide) groups is 1. The van der Waals surface area contributed by atoms with E-state index in [1.165, 1.54) is 28.5 Å². The van der Waals surface area contributed by atoms with Crippen LogP contribution in [0.25, 0.3) is 16.6 Å². The van der Waals surface area contributed by atoms with Crippen molar-refractivity contribution in [1.29, 1.82) is 0 Å². The van der Waals surface area contributed by atoms with E-state index in [1.54, 1.807) is 24.3 Å². The number of hydrogen-bond donors (Lipinski definition) is 1. The zero-order chi connectivity index (χ0) is 23.8. The number of halogens is 1. The van der Waals surface area contributed by atoms with Crippen LogP contribution in [-0.2, 0) is 9.53 Å². The van der Waals surface area contributed by atoms with E-state index in [0.29, 0.717) is 40.5 Å². The number of morpholine rings is 1. The molecule has 0 bridgehead atoms. The molecule has 1 aliphatic rings. The predicted octanol–water partition coefficient (Wildman–Crippen LogP) is 3.24. The monoisotopic (exact) mass is 484 g/mol. The van der Waals surface area contributed by atoms with Gasteiger partial charge in [0.1, 0.15) is 5.82 Å². The maximum atomic E-state index is 13.4. The number of rotatable bonds is 10. The van der Waals surface area contributed by atoms with Crippen molar-refractivity contribution in [3.8, 4) is 5.69 Å². The summed E-state index contributed by atoms with van der Waals surface area (Å²) in [5, 5.41) is 4.06. The molecule has 0 spiro atoms. The van der Waals surface area contributed by atoms with Crippen molar-refractivity contribution < 1.29 is 13.9 Å². The molecule has 4 rings (SSSR count). The third kappa shape index (κ3) is 6.43. The van der Waals surface area contributed by atoms with Gasteiger partial charge in [-0.1, -0.05) is 23.9 Å². The number of carbonyl (C=O) groups excluding carboxylic acids is 1. The van der Waals surface area contributed by atoms with Gasteiger partial charge in [0.15, 0.2) is 5.16 Å². The third-order valence-corrected chi connectivity index (χ3v) is 6.74. The summed E-state index contributed by atoms with van der Waals surface area (Å²) in [6.07, 6.45) is 2.04. The van der Waals surface area contributed by atoms with Gasteiger partial charge in [-0.2, -0.15) is 0 Å². The Morgan fingerprint density at radius 1 is 1.09 bits per heavy atom. The Morgan fingerprint density at radius 3 is 2.65 bits per heavy atom. The Bertz CT molecular complexity index is 1160. The van der Waals surface area contributed by atoms with Crippen LogP contribution < -0.4 is 10.9 Å².